The molecule has 0 aromatic carbocycles. The monoisotopic (exact) mass is 185 g/mol. The van der Waals surface area contributed by atoms with Gasteiger partial charge in [-0.05, 0) is 19.9 Å². The van der Waals surface area contributed by atoms with Gasteiger partial charge in [-0.25, -0.2) is 0 Å². The van der Waals surface area contributed by atoms with Crippen molar-refractivity contribution in [3.05, 3.63) is 0 Å². The summed E-state index contributed by atoms with van der Waals surface area (Å²) in [6.45, 7) is 10.5. The van der Waals surface area contributed by atoms with Gasteiger partial charge in [0.25, 0.3) is 0 Å². The Hall–Kier alpha value is -0.570. The molecule has 0 saturated carbocycles. The van der Waals surface area contributed by atoms with Gasteiger partial charge in [-0.1, -0.05) is 20.8 Å². The van der Waals surface area contributed by atoms with Gasteiger partial charge in [-0.3, -0.25) is 5.41 Å². The lowest BCUT2D eigenvalue weighted by Crippen LogP contribution is -2.39. The van der Waals surface area contributed by atoms with E-state index in [9.17, 15) is 0 Å². The van der Waals surface area contributed by atoms with Crippen LogP contribution in [0.5, 0.6) is 0 Å². The van der Waals surface area contributed by atoms with Crippen molar-refractivity contribution in [3.63, 3.8) is 0 Å². The van der Waals surface area contributed by atoms with Crippen LogP contribution in [0.1, 0.15) is 34.1 Å². The highest BCUT2D eigenvalue weighted by Crippen LogP contribution is 2.06. The lowest BCUT2D eigenvalue weighted by atomic mass is 10.1. The molecular formula is C10H23N3. The smallest absolute Gasteiger partial charge is 0.0947 e. The fraction of sp³-hybridized carbons (Fsp3) is 0.900. The standard InChI is InChI=1S/C10H23N3/c1-5-9(4)13(6-2)7-8(3)10(11)12/h8-9H,5-7H2,1-4H3,(H3,11,12). The van der Waals surface area contributed by atoms with Crippen LogP contribution in [0.4, 0.5) is 0 Å². The molecule has 0 spiro atoms. The maximum absolute atomic E-state index is 7.32. The van der Waals surface area contributed by atoms with Crippen molar-refractivity contribution >= 4 is 5.84 Å². The molecule has 0 amide bonds. The lowest BCUT2D eigenvalue weighted by molar-refractivity contribution is 0.202. The van der Waals surface area contributed by atoms with E-state index >= 15 is 0 Å². The zero-order valence-corrected chi connectivity index (χ0v) is 9.30. The minimum absolute atomic E-state index is 0.175. The van der Waals surface area contributed by atoms with Crippen LogP contribution in [0, 0.1) is 11.3 Å². The second-order valence-corrected chi connectivity index (χ2v) is 3.70. The van der Waals surface area contributed by atoms with E-state index < -0.39 is 0 Å². The molecule has 0 rings (SSSR count). The van der Waals surface area contributed by atoms with Crippen molar-refractivity contribution in [3.8, 4) is 0 Å². The summed E-state index contributed by atoms with van der Waals surface area (Å²) in [6.07, 6.45) is 1.15. The van der Waals surface area contributed by atoms with Gasteiger partial charge in [-0.15, -0.1) is 0 Å². The summed E-state index contributed by atoms with van der Waals surface area (Å²) >= 11 is 0. The molecule has 0 aliphatic carbocycles. The van der Waals surface area contributed by atoms with Crippen molar-refractivity contribution in [2.45, 2.75) is 40.2 Å². The fourth-order valence-corrected chi connectivity index (χ4v) is 1.33. The number of nitrogens with one attached hydrogen (secondary N) is 1. The Balaban J connectivity index is 4.04. The Morgan fingerprint density at radius 2 is 1.92 bits per heavy atom. The van der Waals surface area contributed by atoms with Gasteiger partial charge >= 0.3 is 0 Å². The lowest BCUT2D eigenvalue weighted by Gasteiger charge is -2.29. The number of hydrogen-bond donors (Lipinski definition) is 2. The minimum Gasteiger partial charge on any atom is -0.387 e. The zero-order valence-electron chi connectivity index (χ0n) is 9.30. The first-order valence-electron chi connectivity index (χ1n) is 5.10. The van der Waals surface area contributed by atoms with Crippen LogP contribution >= 0.6 is 0 Å². The molecule has 0 aliphatic heterocycles. The highest BCUT2D eigenvalue weighted by Gasteiger charge is 2.14. The molecule has 0 bridgehead atoms. The molecule has 0 fully saturated rings. The van der Waals surface area contributed by atoms with Crippen molar-refractivity contribution in [2.75, 3.05) is 13.1 Å². The third kappa shape index (κ3) is 4.27. The van der Waals surface area contributed by atoms with Crippen LogP contribution in [0.3, 0.4) is 0 Å². The van der Waals surface area contributed by atoms with E-state index in [2.05, 4.69) is 25.7 Å². The summed E-state index contributed by atoms with van der Waals surface area (Å²) in [7, 11) is 0. The normalized spacial score (nSPS) is 15.8. The van der Waals surface area contributed by atoms with E-state index in [1.54, 1.807) is 0 Å². The van der Waals surface area contributed by atoms with Gasteiger partial charge in [0, 0.05) is 18.5 Å². The van der Waals surface area contributed by atoms with Crippen molar-refractivity contribution in [2.24, 2.45) is 11.7 Å². The molecule has 3 nitrogen and oxygen atoms in total. The first kappa shape index (κ1) is 12.4. The minimum atomic E-state index is 0.175. The highest BCUT2D eigenvalue weighted by atomic mass is 15.1. The molecule has 2 unspecified atom stereocenters. The number of nitrogens with two attached hydrogens (primary N) is 1. The van der Waals surface area contributed by atoms with E-state index in [1.807, 2.05) is 6.92 Å². The molecule has 0 saturated heterocycles. The predicted octanol–water partition coefficient (Wildman–Crippen LogP) is 1.68. The topological polar surface area (TPSA) is 53.1 Å². The summed E-state index contributed by atoms with van der Waals surface area (Å²) < 4.78 is 0. The summed E-state index contributed by atoms with van der Waals surface area (Å²) in [5.74, 6) is 0.468. The Kier molecular flexibility index (Phi) is 5.71. The average Bonchev–Trinajstić information content (AvgIpc) is 2.12. The third-order valence-corrected chi connectivity index (χ3v) is 2.66. The first-order valence-corrected chi connectivity index (χ1v) is 5.10. The Morgan fingerprint density at radius 1 is 1.38 bits per heavy atom. The van der Waals surface area contributed by atoms with E-state index in [0.717, 1.165) is 19.5 Å². The van der Waals surface area contributed by atoms with Crippen molar-refractivity contribution < 1.29 is 0 Å². The number of amidine groups is 1. The van der Waals surface area contributed by atoms with E-state index in [-0.39, 0.29) is 5.92 Å². The van der Waals surface area contributed by atoms with Crippen LogP contribution < -0.4 is 5.73 Å². The van der Waals surface area contributed by atoms with E-state index in [0.29, 0.717) is 11.9 Å². The summed E-state index contributed by atoms with van der Waals surface area (Å²) in [5, 5.41) is 7.32. The second kappa shape index (κ2) is 5.97. The summed E-state index contributed by atoms with van der Waals surface area (Å²) in [6, 6.07) is 0.590. The van der Waals surface area contributed by atoms with Crippen LogP contribution in [-0.2, 0) is 0 Å². The van der Waals surface area contributed by atoms with Crippen molar-refractivity contribution in [1.29, 1.82) is 5.41 Å². The molecule has 2 atom stereocenters. The van der Waals surface area contributed by atoms with E-state index in [1.165, 1.54) is 0 Å². The number of nitrogens with zero attached hydrogens (tertiary/aromatic N) is 1. The fourth-order valence-electron chi connectivity index (χ4n) is 1.33. The van der Waals surface area contributed by atoms with Gasteiger partial charge < -0.3 is 10.6 Å². The molecule has 0 heterocycles. The van der Waals surface area contributed by atoms with Crippen LogP contribution in [0.15, 0.2) is 0 Å². The van der Waals surface area contributed by atoms with Crippen LogP contribution in [-0.4, -0.2) is 29.9 Å². The maximum atomic E-state index is 7.32. The van der Waals surface area contributed by atoms with Crippen molar-refractivity contribution in [1.82, 2.24) is 4.90 Å². The SMILES string of the molecule is CCC(C)N(CC)CC(C)C(=N)N. The molecule has 3 heteroatoms. The number of rotatable bonds is 6. The van der Waals surface area contributed by atoms with Gasteiger partial charge in [0.1, 0.15) is 0 Å². The Bertz CT molecular complexity index is 156. The van der Waals surface area contributed by atoms with Crippen LogP contribution in [0.25, 0.3) is 0 Å². The molecule has 0 radical (unpaired) electrons. The first-order chi connectivity index (χ1) is 6.02. The van der Waals surface area contributed by atoms with Gasteiger partial charge in [0.15, 0.2) is 0 Å². The Labute approximate surface area is 81.8 Å². The predicted molar refractivity (Wildman–Crippen MR) is 58.1 cm³/mol. The molecule has 3 N–H and O–H groups in total. The van der Waals surface area contributed by atoms with Gasteiger partial charge in [-0.2, -0.15) is 0 Å². The van der Waals surface area contributed by atoms with E-state index in [4.69, 9.17) is 11.1 Å². The van der Waals surface area contributed by atoms with Gasteiger partial charge in [0.2, 0.25) is 0 Å². The maximum Gasteiger partial charge on any atom is 0.0947 e. The molecule has 0 aliphatic rings. The quantitative estimate of drug-likeness (QED) is 0.488. The molecular weight excluding hydrogens is 162 g/mol. The molecule has 0 aromatic rings. The summed E-state index contributed by atoms with van der Waals surface area (Å²) in [5.41, 5.74) is 5.44. The highest BCUT2D eigenvalue weighted by molar-refractivity contribution is 5.79. The average molecular weight is 185 g/mol. The largest absolute Gasteiger partial charge is 0.387 e. The number of hydrogen-bond acceptors (Lipinski definition) is 2. The third-order valence-electron chi connectivity index (χ3n) is 2.66. The second-order valence-electron chi connectivity index (χ2n) is 3.70. The van der Waals surface area contributed by atoms with Gasteiger partial charge in [0.05, 0.1) is 5.84 Å². The molecule has 78 valence electrons. The zero-order chi connectivity index (χ0) is 10.4. The summed E-state index contributed by atoms with van der Waals surface area (Å²) in [4.78, 5) is 2.37. The molecule has 0 aromatic heterocycles. The molecule has 13 heavy (non-hydrogen) atoms. The Morgan fingerprint density at radius 3 is 2.23 bits per heavy atom. The van der Waals surface area contributed by atoms with Crippen LogP contribution in [0.2, 0.25) is 0 Å².